The summed E-state index contributed by atoms with van der Waals surface area (Å²) >= 11 is 0. The highest BCUT2D eigenvalue weighted by Gasteiger charge is 2.18. The monoisotopic (exact) mass is 287 g/mol. The molecule has 0 aliphatic rings. The first kappa shape index (κ1) is 15.8. The van der Waals surface area contributed by atoms with Crippen LogP contribution in [0.1, 0.15) is 38.9 Å². The smallest absolute Gasteiger partial charge is 0.235 e. The Balaban J connectivity index is 2.38. The first-order chi connectivity index (χ1) is 8.93. The van der Waals surface area contributed by atoms with E-state index in [0.29, 0.717) is 12.2 Å². The molecule has 1 rings (SSSR count). The molecule has 0 bridgehead atoms. The average molecular weight is 287 g/mol. The van der Waals surface area contributed by atoms with Crippen LogP contribution in [0, 0.1) is 5.92 Å². The molecule has 6 heteroatoms. The Bertz CT molecular complexity index is 479. The second-order valence-corrected chi connectivity index (χ2v) is 6.55. The molecule has 0 saturated heterocycles. The van der Waals surface area contributed by atoms with E-state index in [1.807, 2.05) is 13.8 Å². The van der Waals surface area contributed by atoms with Gasteiger partial charge in [-0.05, 0) is 24.5 Å². The summed E-state index contributed by atoms with van der Waals surface area (Å²) in [5.41, 5.74) is 0. The van der Waals surface area contributed by atoms with Crippen LogP contribution in [0.4, 0.5) is 0 Å². The molecule has 1 aromatic rings. The SMILES string of the molecule is CCCC(C)CS(=O)(=O)NC(=O)CCc1ccco1. The largest absolute Gasteiger partial charge is 0.469 e. The normalized spacial score (nSPS) is 13.2. The van der Waals surface area contributed by atoms with Crippen LogP contribution >= 0.6 is 0 Å². The molecule has 5 nitrogen and oxygen atoms in total. The molecule has 1 heterocycles. The molecule has 19 heavy (non-hydrogen) atoms. The van der Waals surface area contributed by atoms with Crippen molar-refractivity contribution < 1.29 is 17.6 Å². The minimum absolute atomic E-state index is 0.00662. The maximum absolute atomic E-state index is 11.7. The Labute approximate surface area is 114 Å². The average Bonchev–Trinajstić information content (AvgIpc) is 2.77. The molecule has 0 radical (unpaired) electrons. The number of carbonyl (C=O) groups is 1. The van der Waals surface area contributed by atoms with Gasteiger partial charge >= 0.3 is 0 Å². The fourth-order valence-corrected chi connectivity index (χ4v) is 3.36. The Morgan fingerprint density at radius 1 is 1.47 bits per heavy atom. The molecular weight excluding hydrogens is 266 g/mol. The van der Waals surface area contributed by atoms with Gasteiger partial charge in [-0.1, -0.05) is 20.3 Å². The maximum Gasteiger partial charge on any atom is 0.235 e. The molecule has 0 fully saturated rings. The molecular formula is C13H21NO4S. The predicted molar refractivity (Wildman–Crippen MR) is 73.0 cm³/mol. The predicted octanol–water partition coefficient (Wildman–Crippen LogP) is 2.09. The zero-order valence-corrected chi connectivity index (χ0v) is 12.2. The van der Waals surface area contributed by atoms with Gasteiger partial charge in [0, 0.05) is 12.8 Å². The quantitative estimate of drug-likeness (QED) is 0.794. The van der Waals surface area contributed by atoms with E-state index >= 15 is 0 Å². The summed E-state index contributed by atoms with van der Waals surface area (Å²) < 4.78 is 30.6. The van der Waals surface area contributed by atoms with Crippen LogP contribution in [0.5, 0.6) is 0 Å². The van der Waals surface area contributed by atoms with Gasteiger partial charge in [0.2, 0.25) is 15.9 Å². The first-order valence-electron chi connectivity index (χ1n) is 6.48. The summed E-state index contributed by atoms with van der Waals surface area (Å²) in [6.45, 7) is 3.88. The molecule has 0 saturated carbocycles. The van der Waals surface area contributed by atoms with Crippen molar-refractivity contribution in [1.29, 1.82) is 0 Å². The number of sulfonamides is 1. The molecule has 1 N–H and O–H groups in total. The number of aryl methyl sites for hydroxylation is 1. The summed E-state index contributed by atoms with van der Waals surface area (Å²) in [5, 5.41) is 0. The van der Waals surface area contributed by atoms with Gasteiger partial charge < -0.3 is 4.42 Å². The Morgan fingerprint density at radius 3 is 2.79 bits per heavy atom. The van der Waals surface area contributed by atoms with E-state index in [4.69, 9.17) is 4.42 Å². The summed E-state index contributed by atoms with van der Waals surface area (Å²) in [5.74, 6) is 0.236. The van der Waals surface area contributed by atoms with Crippen molar-refractivity contribution in [2.24, 2.45) is 5.92 Å². The van der Waals surface area contributed by atoms with Gasteiger partial charge in [-0.3, -0.25) is 9.52 Å². The minimum Gasteiger partial charge on any atom is -0.469 e. The number of nitrogens with one attached hydrogen (secondary N) is 1. The van der Waals surface area contributed by atoms with Crippen LogP contribution in [0.25, 0.3) is 0 Å². The fourth-order valence-electron chi connectivity index (χ4n) is 1.91. The molecule has 0 aromatic carbocycles. The Hall–Kier alpha value is -1.30. The van der Waals surface area contributed by atoms with E-state index in [2.05, 4.69) is 4.72 Å². The molecule has 1 unspecified atom stereocenters. The van der Waals surface area contributed by atoms with Gasteiger partial charge in [0.15, 0.2) is 0 Å². The lowest BCUT2D eigenvalue weighted by atomic mass is 10.1. The van der Waals surface area contributed by atoms with Gasteiger partial charge in [-0.2, -0.15) is 0 Å². The number of carbonyl (C=O) groups excluding carboxylic acids is 1. The second kappa shape index (κ2) is 7.33. The van der Waals surface area contributed by atoms with Gasteiger partial charge in [-0.15, -0.1) is 0 Å². The third-order valence-electron chi connectivity index (χ3n) is 2.73. The van der Waals surface area contributed by atoms with Gasteiger partial charge in [0.25, 0.3) is 0 Å². The van der Waals surface area contributed by atoms with Crippen molar-refractivity contribution >= 4 is 15.9 Å². The molecule has 0 aliphatic heterocycles. The minimum atomic E-state index is -3.52. The molecule has 0 aliphatic carbocycles. The lowest BCUT2D eigenvalue weighted by Crippen LogP contribution is -2.34. The van der Waals surface area contributed by atoms with E-state index < -0.39 is 15.9 Å². The number of hydrogen-bond donors (Lipinski definition) is 1. The Morgan fingerprint density at radius 2 is 2.21 bits per heavy atom. The molecule has 1 aromatic heterocycles. The highest BCUT2D eigenvalue weighted by atomic mass is 32.2. The zero-order valence-electron chi connectivity index (χ0n) is 11.4. The topological polar surface area (TPSA) is 76.4 Å². The van der Waals surface area contributed by atoms with Crippen molar-refractivity contribution in [1.82, 2.24) is 4.72 Å². The fraction of sp³-hybridized carbons (Fsp3) is 0.615. The highest BCUT2D eigenvalue weighted by Crippen LogP contribution is 2.08. The number of furan rings is 1. The first-order valence-corrected chi connectivity index (χ1v) is 8.14. The van der Waals surface area contributed by atoms with E-state index in [1.54, 1.807) is 12.1 Å². The molecule has 108 valence electrons. The lowest BCUT2D eigenvalue weighted by molar-refractivity contribution is -0.119. The van der Waals surface area contributed by atoms with Crippen molar-refractivity contribution in [3.8, 4) is 0 Å². The summed E-state index contributed by atoms with van der Waals surface area (Å²) in [6, 6.07) is 3.49. The van der Waals surface area contributed by atoms with Crippen LogP contribution in [-0.2, 0) is 21.2 Å². The standard InChI is InChI=1S/C13H21NO4S/c1-3-5-11(2)10-19(16,17)14-13(15)8-7-12-6-4-9-18-12/h4,6,9,11H,3,5,7-8,10H2,1-2H3,(H,14,15). The van der Waals surface area contributed by atoms with Crippen LogP contribution in [0.3, 0.4) is 0 Å². The van der Waals surface area contributed by atoms with Crippen molar-refractivity contribution in [3.05, 3.63) is 24.2 Å². The van der Waals surface area contributed by atoms with E-state index in [0.717, 1.165) is 12.8 Å². The van der Waals surface area contributed by atoms with Gasteiger partial charge in [-0.25, -0.2) is 8.42 Å². The molecule has 1 amide bonds. The number of rotatable bonds is 8. The second-order valence-electron chi connectivity index (χ2n) is 4.78. The van der Waals surface area contributed by atoms with Crippen LogP contribution in [-0.4, -0.2) is 20.1 Å². The Kier molecular flexibility index (Phi) is 6.08. The van der Waals surface area contributed by atoms with Gasteiger partial charge in [0.1, 0.15) is 5.76 Å². The summed E-state index contributed by atoms with van der Waals surface area (Å²) in [6.07, 6.45) is 3.80. The lowest BCUT2D eigenvalue weighted by Gasteiger charge is -2.11. The maximum atomic E-state index is 11.7. The van der Waals surface area contributed by atoms with E-state index in [9.17, 15) is 13.2 Å². The van der Waals surface area contributed by atoms with Crippen molar-refractivity contribution in [2.75, 3.05) is 5.75 Å². The van der Waals surface area contributed by atoms with Gasteiger partial charge in [0.05, 0.1) is 12.0 Å². The summed E-state index contributed by atoms with van der Waals surface area (Å²) in [4.78, 5) is 11.6. The van der Waals surface area contributed by atoms with E-state index in [-0.39, 0.29) is 18.1 Å². The number of amides is 1. The van der Waals surface area contributed by atoms with E-state index in [1.165, 1.54) is 6.26 Å². The summed E-state index contributed by atoms with van der Waals surface area (Å²) in [7, 11) is -3.52. The highest BCUT2D eigenvalue weighted by molar-refractivity contribution is 7.90. The molecule has 1 atom stereocenters. The zero-order chi connectivity index (χ0) is 14.3. The van der Waals surface area contributed by atoms with Crippen molar-refractivity contribution in [3.63, 3.8) is 0 Å². The van der Waals surface area contributed by atoms with Crippen LogP contribution in [0.15, 0.2) is 22.8 Å². The van der Waals surface area contributed by atoms with Crippen LogP contribution < -0.4 is 4.72 Å². The molecule has 0 spiro atoms. The van der Waals surface area contributed by atoms with Crippen LogP contribution in [0.2, 0.25) is 0 Å². The third-order valence-corrected chi connectivity index (χ3v) is 4.28. The third kappa shape index (κ3) is 6.42. The number of hydrogen-bond acceptors (Lipinski definition) is 4. The van der Waals surface area contributed by atoms with Crippen molar-refractivity contribution in [2.45, 2.75) is 39.5 Å².